The fraction of sp³-hybridized carbons (Fsp3) is 0.462. The summed E-state index contributed by atoms with van der Waals surface area (Å²) < 4.78 is 28.9. The Hall–Kier alpha value is -2.33. The second kappa shape index (κ2) is 10.7. The molecule has 1 amide bonds. The van der Waals surface area contributed by atoms with E-state index in [0.29, 0.717) is 36.9 Å². The van der Waals surface area contributed by atoms with Crippen molar-refractivity contribution in [2.45, 2.75) is 44.4 Å². The van der Waals surface area contributed by atoms with Crippen LogP contribution in [0.1, 0.15) is 47.2 Å². The number of nitrogens with zero attached hydrogens (tertiary/aromatic N) is 4. The Balaban J connectivity index is 1.63. The normalized spacial score (nSPS) is 15.5. The van der Waals surface area contributed by atoms with Crippen LogP contribution in [0, 0.1) is 13.8 Å². The van der Waals surface area contributed by atoms with Crippen LogP contribution in [-0.2, 0) is 10.0 Å². The smallest absolute Gasteiger partial charge is 0.260 e. The molecule has 1 fully saturated rings. The molecule has 4 rings (SSSR count). The van der Waals surface area contributed by atoms with Gasteiger partial charge >= 0.3 is 0 Å². The van der Waals surface area contributed by atoms with Crippen molar-refractivity contribution in [2.24, 2.45) is 0 Å². The van der Waals surface area contributed by atoms with E-state index in [4.69, 9.17) is 4.98 Å². The summed E-state index contributed by atoms with van der Waals surface area (Å²) in [7, 11) is 0.382. The molecule has 2 aromatic carbocycles. The van der Waals surface area contributed by atoms with Gasteiger partial charge in [0.25, 0.3) is 5.91 Å². The van der Waals surface area contributed by atoms with Gasteiger partial charge in [0, 0.05) is 31.7 Å². The molecule has 35 heavy (non-hydrogen) atoms. The summed E-state index contributed by atoms with van der Waals surface area (Å²) in [6, 6.07) is 10.6. The van der Waals surface area contributed by atoms with Gasteiger partial charge in [-0.2, -0.15) is 4.31 Å². The summed E-state index contributed by atoms with van der Waals surface area (Å²) >= 11 is 1.51. The van der Waals surface area contributed by atoms with E-state index in [1.807, 2.05) is 25.9 Å². The molecule has 0 aliphatic carbocycles. The number of amides is 1. The summed E-state index contributed by atoms with van der Waals surface area (Å²) in [5.74, 6) is -0.181. The molecule has 0 atom stereocenters. The highest BCUT2D eigenvalue weighted by molar-refractivity contribution is 7.89. The Kier molecular flexibility index (Phi) is 7.90. The van der Waals surface area contributed by atoms with Crippen LogP contribution >= 0.6 is 11.3 Å². The number of carbonyl (C=O) groups excluding carboxylic acids is 1. The molecule has 2 heterocycles. The second-order valence-corrected chi connectivity index (χ2v) is 12.5. The van der Waals surface area contributed by atoms with Crippen molar-refractivity contribution in [3.63, 3.8) is 0 Å². The molecule has 9 heteroatoms. The molecule has 188 valence electrons. The Morgan fingerprint density at radius 3 is 2.29 bits per heavy atom. The molecular formula is C26H34N4O3S2. The van der Waals surface area contributed by atoms with Crippen molar-refractivity contribution in [1.29, 1.82) is 0 Å². The van der Waals surface area contributed by atoms with Crippen LogP contribution in [0.5, 0.6) is 0 Å². The van der Waals surface area contributed by atoms with Gasteiger partial charge in [-0.15, -0.1) is 0 Å². The lowest BCUT2D eigenvalue weighted by molar-refractivity contribution is 0.0985. The number of fused-ring (bicyclic) bond motifs is 1. The Labute approximate surface area is 212 Å². The number of thiazole rings is 1. The molecule has 1 aliphatic heterocycles. The van der Waals surface area contributed by atoms with Crippen LogP contribution in [0.2, 0.25) is 0 Å². The molecule has 3 aromatic rings. The first-order valence-electron chi connectivity index (χ1n) is 12.1. The fourth-order valence-electron chi connectivity index (χ4n) is 4.41. The largest absolute Gasteiger partial charge is 0.308 e. The highest BCUT2D eigenvalue weighted by atomic mass is 32.2. The van der Waals surface area contributed by atoms with Gasteiger partial charge in [-0.1, -0.05) is 30.2 Å². The minimum atomic E-state index is -3.56. The predicted octanol–water partition coefficient (Wildman–Crippen LogP) is 4.69. The number of sulfonamides is 1. The zero-order chi connectivity index (χ0) is 25.2. The molecule has 1 aliphatic rings. The average Bonchev–Trinajstić information content (AvgIpc) is 3.04. The van der Waals surface area contributed by atoms with Crippen LogP contribution in [0.3, 0.4) is 0 Å². The van der Waals surface area contributed by atoms with Crippen molar-refractivity contribution in [3.8, 4) is 0 Å². The van der Waals surface area contributed by atoms with Gasteiger partial charge < -0.3 is 4.90 Å². The first kappa shape index (κ1) is 25.8. The molecule has 0 spiro atoms. The zero-order valence-corrected chi connectivity index (χ0v) is 22.6. The molecule has 0 radical (unpaired) electrons. The van der Waals surface area contributed by atoms with Gasteiger partial charge in [0.15, 0.2) is 5.13 Å². The molecule has 1 saturated heterocycles. The Morgan fingerprint density at radius 2 is 1.66 bits per heavy atom. The van der Waals surface area contributed by atoms with E-state index < -0.39 is 10.0 Å². The Bertz CT molecular complexity index is 1290. The quantitative estimate of drug-likeness (QED) is 0.458. The highest BCUT2D eigenvalue weighted by Gasteiger charge is 2.26. The minimum Gasteiger partial charge on any atom is -0.308 e. The third kappa shape index (κ3) is 5.74. The van der Waals surface area contributed by atoms with Crippen LogP contribution < -0.4 is 4.90 Å². The number of carbonyl (C=O) groups is 1. The number of aryl methyl sites for hydroxylation is 2. The zero-order valence-electron chi connectivity index (χ0n) is 21.0. The summed E-state index contributed by atoms with van der Waals surface area (Å²) in [6.07, 6.45) is 3.90. The van der Waals surface area contributed by atoms with Crippen molar-refractivity contribution < 1.29 is 13.2 Å². The van der Waals surface area contributed by atoms with Crippen LogP contribution in [0.4, 0.5) is 5.13 Å². The third-order valence-corrected chi connectivity index (χ3v) is 9.31. The van der Waals surface area contributed by atoms with E-state index in [2.05, 4.69) is 19.1 Å². The van der Waals surface area contributed by atoms with Crippen molar-refractivity contribution in [1.82, 2.24) is 14.2 Å². The third-order valence-electron chi connectivity index (χ3n) is 6.37. The van der Waals surface area contributed by atoms with Crippen molar-refractivity contribution >= 4 is 42.6 Å². The molecule has 0 N–H and O–H groups in total. The molecule has 7 nitrogen and oxygen atoms in total. The average molecular weight is 515 g/mol. The molecular weight excluding hydrogens is 480 g/mol. The molecule has 0 unspecified atom stereocenters. The lowest BCUT2D eigenvalue weighted by atomic mass is 10.1. The summed E-state index contributed by atoms with van der Waals surface area (Å²) in [6.45, 7) is 6.37. The SMILES string of the molecule is Cc1cc(C)c2nc(N(CCN(C)C)C(=O)c3ccc(S(=O)(=O)N4CCCCCC4)cc3)sc2c1. The fourth-order valence-corrected chi connectivity index (χ4v) is 7.10. The summed E-state index contributed by atoms with van der Waals surface area (Å²) in [5.41, 5.74) is 3.62. The van der Waals surface area contributed by atoms with Gasteiger partial charge in [0.05, 0.1) is 15.1 Å². The minimum absolute atomic E-state index is 0.181. The predicted molar refractivity (Wildman–Crippen MR) is 143 cm³/mol. The van der Waals surface area contributed by atoms with Gasteiger partial charge in [-0.3, -0.25) is 9.69 Å². The van der Waals surface area contributed by atoms with E-state index in [-0.39, 0.29) is 10.8 Å². The first-order chi connectivity index (χ1) is 16.7. The van der Waals surface area contributed by atoms with Gasteiger partial charge in [-0.25, -0.2) is 13.4 Å². The van der Waals surface area contributed by atoms with E-state index in [1.54, 1.807) is 33.5 Å². The van der Waals surface area contributed by atoms with Gasteiger partial charge in [0.1, 0.15) is 0 Å². The monoisotopic (exact) mass is 514 g/mol. The lowest BCUT2D eigenvalue weighted by Gasteiger charge is -2.22. The van der Waals surface area contributed by atoms with Crippen molar-refractivity contribution in [2.75, 3.05) is 45.2 Å². The van der Waals surface area contributed by atoms with E-state index in [0.717, 1.165) is 47.0 Å². The number of benzene rings is 2. The molecule has 1 aromatic heterocycles. The number of aromatic nitrogens is 1. The van der Waals surface area contributed by atoms with E-state index in [1.165, 1.54) is 11.3 Å². The standard InChI is InChI=1S/C26H34N4O3S2/c1-19-17-20(2)24-23(18-19)34-26(27-24)30(16-15-28(3)4)25(31)21-9-11-22(12-10-21)35(32,33)29-13-7-5-6-8-14-29/h9-12,17-18H,5-8,13-16H2,1-4H3. The van der Waals surface area contributed by atoms with Crippen LogP contribution in [-0.4, -0.2) is 68.8 Å². The maximum atomic E-state index is 13.6. The van der Waals surface area contributed by atoms with Gasteiger partial charge in [-0.05, 0) is 82.2 Å². The number of rotatable bonds is 7. The van der Waals surface area contributed by atoms with Crippen LogP contribution in [0.25, 0.3) is 10.2 Å². The lowest BCUT2D eigenvalue weighted by Crippen LogP contribution is -2.36. The number of anilines is 1. The molecule has 0 bridgehead atoms. The number of likely N-dealkylation sites (N-methyl/N-ethyl adjacent to an activating group) is 1. The van der Waals surface area contributed by atoms with E-state index >= 15 is 0 Å². The Morgan fingerprint density at radius 1 is 1.00 bits per heavy atom. The van der Waals surface area contributed by atoms with Gasteiger partial charge in [0.2, 0.25) is 10.0 Å². The second-order valence-electron chi connectivity index (χ2n) is 9.53. The summed E-state index contributed by atoms with van der Waals surface area (Å²) in [5, 5.41) is 0.654. The van der Waals surface area contributed by atoms with Crippen molar-refractivity contribution in [3.05, 3.63) is 53.1 Å². The topological polar surface area (TPSA) is 73.8 Å². The maximum absolute atomic E-state index is 13.6. The maximum Gasteiger partial charge on any atom is 0.260 e. The van der Waals surface area contributed by atoms with E-state index in [9.17, 15) is 13.2 Å². The summed E-state index contributed by atoms with van der Waals surface area (Å²) in [4.78, 5) is 22.4. The number of hydrogen-bond donors (Lipinski definition) is 0. The highest BCUT2D eigenvalue weighted by Crippen LogP contribution is 2.32. The number of hydrogen-bond acceptors (Lipinski definition) is 6. The molecule has 0 saturated carbocycles. The first-order valence-corrected chi connectivity index (χ1v) is 14.4. The van der Waals surface area contributed by atoms with Crippen LogP contribution in [0.15, 0.2) is 41.3 Å².